The molecule has 3 heteroatoms. The molecule has 0 aromatic carbocycles. The van der Waals surface area contributed by atoms with Crippen molar-refractivity contribution in [1.82, 2.24) is 9.88 Å². The zero-order valence-corrected chi connectivity index (χ0v) is 7.09. The molecule has 0 bridgehead atoms. The normalized spacial score (nSPS) is 15.3. The van der Waals surface area contributed by atoms with Gasteiger partial charge in [-0.1, -0.05) is 0 Å². The molecular weight excluding hydrogens is 150 g/mol. The quantitative estimate of drug-likeness (QED) is 0.603. The maximum absolute atomic E-state index is 8.78. The molecule has 0 saturated heterocycles. The molecule has 1 N–H and O–H groups in total. The van der Waals surface area contributed by atoms with Gasteiger partial charge in [0.25, 0.3) is 0 Å². The zero-order valence-electron chi connectivity index (χ0n) is 7.09. The summed E-state index contributed by atoms with van der Waals surface area (Å²) >= 11 is 0. The summed E-state index contributed by atoms with van der Waals surface area (Å²) in [6.45, 7) is 1.93. The van der Waals surface area contributed by atoms with Crippen molar-refractivity contribution in [1.29, 1.82) is 5.26 Å². The number of nitrogens with zero attached hydrogens (tertiary/aromatic N) is 2. The van der Waals surface area contributed by atoms with Crippen molar-refractivity contribution >= 4 is 0 Å². The zero-order chi connectivity index (χ0) is 8.55. The van der Waals surface area contributed by atoms with Crippen molar-refractivity contribution in [3.63, 3.8) is 0 Å². The third-order valence-electron chi connectivity index (χ3n) is 2.43. The van der Waals surface area contributed by atoms with Crippen molar-refractivity contribution in [3.8, 4) is 6.07 Å². The van der Waals surface area contributed by atoms with Crippen LogP contribution in [0.25, 0.3) is 0 Å². The first-order valence-electron chi connectivity index (χ1n) is 4.11. The first kappa shape index (κ1) is 7.38. The Balaban J connectivity index is 2.53. The minimum Gasteiger partial charge on any atom is -0.338 e. The molecule has 0 fully saturated rings. The van der Waals surface area contributed by atoms with E-state index in [1.165, 1.54) is 11.3 Å². The van der Waals surface area contributed by atoms with Gasteiger partial charge in [0, 0.05) is 19.3 Å². The number of hydrogen-bond donors (Lipinski definition) is 1. The molecule has 3 nitrogen and oxygen atoms in total. The van der Waals surface area contributed by atoms with E-state index in [2.05, 4.69) is 11.4 Å². The Hall–Kier alpha value is -1.27. The number of hydrogen-bond acceptors (Lipinski definition) is 2. The summed E-state index contributed by atoms with van der Waals surface area (Å²) in [7, 11) is 1.95. The Morgan fingerprint density at radius 1 is 1.67 bits per heavy atom. The summed E-state index contributed by atoms with van der Waals surface area (Å²) in [5.74, 6) is 0. The first-order valence-corrected chi connectivity index (χ1v) is 4.11. The fourth-order valence-electron chi connectivity index (χ4n) is 1.69. The molecule has 0 amide bonds. The fourth-order valence-corrected chi connectivity index (χ4v) is 1.69. The molecule has 0 atom stereocenters. The second-order valence-electron chi connectivity index (χ2n) is 3.10. The highest BCUT2D eigenvalue weighted by atomic mass is 15.0. The predicted molar refractivity (Wildman–Crippen MR) is 45.5 cm³/mol. The summed E-state index contributed by atoms with van der Waals surface area (Å²) in [5, 5.41) is 12.1. The number of fused-ring (bicyclic) bond motifs is 1. The second kappa shape index (κ2) is 2.65. The standard InChI is InChI=1S/C9H11N3/c1-12-8(5-10)4-7-2-3-11-6-9(7)12/h4,11H,2-3,6H2,1H3. The van der Waals surface area contributed by atoms with Crippen LogP contribution in [-0.4, -0.2) is 11.1 Å². The van der Waals surface area contributed by atoms with Crippen molar-refractivity contribution in [3.05, 3.63) is 23.0 Å². The van der Waals surface area contributed by atoms with Crippen LogP contribution in [0.2, 0.25) is 0 Å². The van der Waals surface area contributed by atoms with E-state index >= 15 is 0 Å². The fraction of sp³-hybridized carbons (Fsp3) is 0.444. The largest absolute Gasteiger partial charge is 0.338 e. The Morgan fingerprint density at radius 3 is 3.17 bits per heavy atom. The highest BCUT2D eigenvalue weighted by Crippen LogP contribution is 2.17. The van der Waals surface area contributed by atoms with Crippen molar-refractivity contribution in [2.75, 3.05) is 6.54 Å². The molecule has 2 heterocycles. The average molecular weight is 161 g/mol. The number of rotatable bonds is 0. The lowest BCUT2D eigenvalue weighted by atomic mass is 10.1. The lowest BCUT2D eigenvalue weighted by molar-refractivity contribution is 0.609. The smallest absolute Gasteiger partial charge is 0.120 e. The number of nitriles is 1. The van der Waals surface area contributed by atoms with Gasteiger partial charge >= 0.3 is 0 Å². The Morgan fingerprint density at radius 2 is 2.50 bits per heavy atom. The van der Waals surface area contributed by atoms with E-state index in [0.717, 1.165) is 25.2 Å². The third kappa shape index (κ3) is 0.926. The monoisotopic (exact) mass is 161 g/mol. The number of aromatic nitrogens is 1. The molecule has 0 radical (unpaired) electrons. The van der Waals surface area contributed by atoms with E-state index in [9.17, 15) is 0 Å². The lowest BCUT2D eigenvalue weighted by Crippen LogP contribution is -2.24. The Labute approximate surface area is 71.6 Å². The SMILES string of the molecule is Cn1c(C#N)cc2c1CNCC2. The second-order valence-corrected chi connectivity index (χ2v) is 3.10. The molecule has 12 heavy (non-hydrogen) atoms. The predicted octanol–water partition coefficient (Wildman–Crippen LogP) is 0.542. The van der Waals surface area contributed by atoms with Gasteiger partial charge in [-0.05, 0) is 24.6 Å². The van der Waals surface area contributed by atoms with Gasteiger partial charge in [0.05, 0.1) is 0 Å². The van der Waals surface area contributed by atoms with Crippen LogP contribution in [0.15, 0.2) is 6.07 Å². The van der Waals surface area contributed by atoms with Gasteiger partial charge in [-0.25, -0.2) is 0 Å². The van der Waals surface area contributed by atoms with Crippen LogP contribution < -0.4 is 5.32 Å². The van der Waals surface area contributed by atoms with Gasteiger partial charge in [0.15, 0.2) is 0 Å². The van der Waals surface area contributed by atoms with Crippen LogP contribution >= 0.6 is 0 Å². The van der Waals surface area contributed by atoms with Gasteiger partial charge in [-0.15, -0.1) is 0 Å². The van der Waals surface area contributed by atoms with E-state index in [-0.39, 0.29) is 0 Å². The molecule has 0 spiro atoms. The minimum atomic E-state index is 0.767. The molecule has 62 valence electrons. The maximum Gasteiger partial charge on any atom is 0.120 e. The van der Waals surface area contributed by atoms with E-state index in [4.69, 9.17) is 5.26 Å². The summed E-state index contributed by atoms with van der Waals surface area (Å²) in [6, 6.07) is 4.18. The van der Waals surface area contributed by atoms with E-state index < -0.39 is 0 Å². The molecule has 0 saturated carbocycles. The van der Waals surface area contributed by atoms with Crippen molar-refractivity contribution in [2.45, 2.75) is 13.0 Å². The van der Waals surface area contributed by atoms with Gasteiger partial charge in [0.2, 0.25) is 0 Å². The van der Waals surface area contributed by atoms with Crippen LogP contribution in [0.3, 0.4) is 0 Å². The average Bonchev–Trinajstić information content (AvgIpc) is 2.44. The van der Waals surface area contributed by atoms with Gasteiger partial charge in [-0.3, -0.25) is 0 Å². The lowest BCUT2D eigenvalue weighted by Gasteiger charge is -2.14. The summed E-state index contributed by atoms with van der Waals surface area (Å²) in [5.41, 5.74) is 3.36. The van der Waals surface area contributed by atoms with Gasteiger partial charge < -0.3 is 9.88 Å². The highest BCUT2D eigenvalue weighted by molar-refractivity contribution is 5.35. The molecule has 0 aliphatic carbocycles. The molecular formula is C9H11N3. The van der Waals surface area contributed by atoms with Crippen LogP contribution in [0, 0.1) is 11.3 Å². The maximum atomic E-state index is 8.78. The van der Waals surface area contributed by atoms with Crippen LogP contribution in [-0.2, 0) is 20.0 Å². The molecule has 1 aliphatic rings. The van der Waals surface area contributed by atoms with Crippen molar-refractivity contribution in [2.24, 2.45) is 7.05 Å². The topological polar surface area (TPSA) is 40.8 Å². The number of nitrogens with one attached hydrogen (secondary N) is 1. The third-order valence-corrected chi connectivity index (χ3v) is 2.43. The van der Waals surface area contributed by atoms with E-state index in [0.29, 0.717) is 0 Å². The molecule has 0 unspecified atom stereocenters. The molecule has 2 rings (SSSR count). The van der Waals surface area contributed by atoms with Crippen molar-refractivity contribution < 1.29 is 0 Å². The molecule has 1 aliphatic heterocycles. The first-order chi connectivity index (χ1) is 5.83. The molecule has 1 aromatic heterocycles. The van der Waals surface area contributed by atoms with E-state index in [1.807, 2.05) is 17.7 Å². The Bertz CT molecular complexity index is 343. The Kier molecular flexibility index (Phi) is 1.63. The summed E-state index contributed by atoms with van der Waals surface area (Å²) < 4.78 is 1.97. The van der Waals surface area contributed by atoms with Crippen LogP contribution in [0.5, 0.6) is 0 Å². The van der Waals surface area contributed by atoms with Gasteiger partial charge in [-0.2, -0.15) is 5.26 Å². The highest BCUT2D eigenvalue weighted by Gasteiger charge is 2.14. The minimum absolute atomic E-state index is 0.767. The van der Waals surface area contributed by atoms with Gasteiger partial charge in [0.1, 0.15) is 11.8 Å². The van der Waals surface area contributed by atoms with E-state index in [1.54, 1.807) is 0 Å². The molecule has 1 aromatic rings. The summed E-state index contributed by atoms with van der Waals surface area (Å²) in [6.07, 6.45) is 1.05. The summed E-state index contributed by atoms with van der Waals surface area (Å²) in [4.78, 5) is 0. The van der Waals surface area contributed by atoms with Crippen LogP contribution in [0.1, 0.15) is 17.0 Å². The van der Waals surface area contributed by atoms with Crippen LogP contribution in [0.4, 0.5) is 0 Å².